The maximum atomic E-state index is 11.9. The Morgan fingerprint density at radius 3 is 2.89 bits per heavy atom. The number of nitrogens with one attached hydrogen (secondary N) is 1. The Labute approximate surface area is 114 Å². The third-order valence-corrected chi connectivity index (χ3v) is 3.64. The number of thiazole rings is 1. The molecule has 2 N–H and O–H groups in total. The molecule has 19 heavy (non-hydrogen) atoms. The Morgan fingerprint density at radius 2 is 2.32 bits per heavy atom. The summed E-state index contributed by atoms with van der Waals surface area (Å²) in [5, 5.41) is 12.5. The van der Waals surface area contributed by atoms with Crippen LogP contribution in [0.25, 0.3) is 0 Å². The predicted molar refractivity (Wildman–Crippen MR) is 72.7 cm³/mol. The summed E-state index contributed by atoms with van der Waals surface area (Å²) in [4.78, 5) is 17.1. The van der Waals surface area contributed by atoms with Crippen LogP contribution in [0, 0.1) is 6.92 Å². The van der Waals surface area contributed by atoms with Crippen LogP contribution in [0.15, 0.2) is 23.7 Å². The lowest BCUT2D eigenvalue weighted by molar-refractivity contribution is 0.0948. The van der Waals surface area contributed by atoms with E-state index in [-0.39, 0.29) is 17.2 Å². The molecule has 1 aromatic heterocycles. The quantitative estimate of drug-likeness (QED) is 0.898. The molecule has 0 unspecified atom stereocenters. The number of carbonyl (C=O) groups is 1. The molecule has 0 spiro atoms. The molecule has 0 bridgehead atoms. The lowest BCUT2D eigenvalue weighted by Gasteiger charge is -2.07. The summed E-state index contributed by atoms with van der Waals surface area (Å²) in [6.45, 7) is 2.30. The SMILES string of the molecule is COc1ccc(C(=O)NCc2scnc2C)c(O)c1. The van der Waals surface area contributed by atoms with Crippen molar-refractivity contribution in [3.8, 4) is 11.5 Å². The monoisotopic (exact) mass is 278 g/mol. The molecule has 2 aromatic rings. The van der Waals surface area contributed by atoms with Crippen molar-refractivity contribution < 1.29 is 14.6 Å². The van der Waals surface area contributed by atoms with E-state index >= 15 is 0 Å². The van der Waals surface area contributed by atoms with Crippen molar-refractivity contribution in [2.75, 3.05) is 7.11 Å². The molecule has 0 aliphatic rings. The summed E-state index contributed by atoms with van der Waals surface area (Å²) in [7, 11) is 1.50. The lowest BCUT2D eigenvalue weighted by atomic mass is 10.2. The number of hydrogen-bond donors (Lipinski definition) is 2. The lowest BCUT2D eigenvalue weighted by Crippen LogP contribution is -2.22. The summed E-state index contributed by atoms with van der Waals surface area (Å²) in [6, 6.07) is 4.57. The molecule has 5 nitrogen and oxygen atoms in total. The van der Waals surface area contributed by atoms with E-state index in [9.17, 15) is 9.90 Å². The summed E-state index contributed by atoms with van der Waals surface area (Å²) in [6.07, 6.45) is 0. The summed E-state index contributed by atoms with van der Waals surface area (Å²) in [5.41, 5.74) is 2.87. The third kappa shape index (κ3) is 3.03. The molecule has 0 atom stereocenters. The van der Waals surface area contributed by atoms with E-state index in [1.807, 2.05) is 6.92 Å². The van der Waals surface area contributed by atoms with Crippen molar-refractivity contribution in [1.82, 2.24) is 10.3 Å². The molecule has 100 valence electrons. The van der Waals surface area contributed by atoms with Crippen LogP contribution in [0.2, 0.25) is 0 Å². The molecule has 1 amide bonds. The second-order valence-electron chi connectivity index (χ2n) is 3.93. The Hall–Kier alpha value is -2.08. The number of ether oxygens (including phenoxy) is 1. The van der Waals surface area contributed by atoms with E-state index in [1.165, 1.54) is 30.6 Å². The smallest absolute Gasteiger partial charge is 0.255 e. The fourth-order valence-electron chi connectivity index (χ4n) is 1.58. The van der Waals surface area contributed by atoms with Crippen LogP contribution in [-0.4, -0.2) is 23.1 Å². The van der Waals surface area contributed by atoms with Crippen LogP contribution in [0.4, 0.5) is 0 Å². The number of phenols is 1. The van der Waals surface area contributed by atoms with Gasteiger partial charge in [-0.2, -0.15) is 0 Å². The molecule has 1 aromatic carbocycles. The first kappa shape index (κ1) is 13.4. The van der Waals surface area contributed by atoms with E-state index in [4.69, 9.17) is 4.74 Å². The topological polar surface area (TPSA) is 71.5 Å². The van der Waals surface area contributed by atoms with E-state index in [0.29, 0.717) is 12.3 Å². The zero-order valence-electron chi connectivity index (χ0n) is 10.6. The highest BCUT2D eigenvalue weighted by atomic mass is 32.1. The molecular weight excluding hydrogens is 264 g/mol. The van der Waals surface area contributed by atoms with Crippen LogP contribution in [0.3, 0.4) is 0 Å². The molecule has 0 saturated heterocycles. The highest BCUT2D eigenvalue weighted by Crippen LogP contribution is 2.23. The number of aromatic hydroxyl groups is 1. The van der Waals surface area contributed by atoms with Crippen LogP contribution in [0.5, 0.6) is 11.5 Å². The molecule has 2 rings (SSSR count). The number of nitrogens with zero attached hydrogens (tertiary/aromatic N) is 1. The highest BCUT2D eigenvalue weighted by molar-refractivity contribution is 7.09. The first-order valence-corrected chi connectivity index (χ1v) is 6.54. The zero-order valence-corrected chi connectivity index (χ0v) is 11.5. The first-order chi connectivity index (χ1) is 9.11. The van der Waals surface area contributed by atoms with Gasteiger partial charge < -0.3 is 15.2 Å². The van der Waals surface area contributed by atoms with Crippen molar-refractivity contribution in [3.63, 3.8) is 0 Å². The zero-order chi connectivity index (χ0) is 13.8. The van der Waals surface area contributed by atoms with Gasteiger partial charge in [0.15, 0.2) is 0 Å². The summed E-state index contributed by atoms with van der Waals surface area (Å²) in [5.74, 6) is 0.0816. The van der Waals surface area contributed by atoms with Gasteiger partial charge in [0.2, 0.25) is 0 Å². The Balaban J connectivity index is 2.06. The van der Waals surface area contributed by atoms with Gasteiger partial charge in [-0.1, -0.05) is 0 Å². The normalized spacial score (nSPS) is 10.2. The Morgan fingerprint density at radius 1 is 1.53 bits per heavy atom. The Kier molecular flexibility index (Phi) is 4.01. The standard InChI is InChI=1S/C13H14N2O3S/c1-8-12(19-7-15-8)6-14-13(17)10-4-3-9(18-2)5-11(10)16/h3-5,7,16H,6H2,1-2H3,(H,14,17). The third-order valence-electron chi connectivity index (χ3n) is 2.70. The van der Waals surface area contributed by atoms with E-state index < -0.39 is 0 Å². The number of carbonyl (C=O) groups excluding carboxylic acids is 1. The fraction of sp³-hybridized carbons (Fsp3) is 0.231. The molecule has 1 heterocycles. The van der Waals surface area contributed by atoms with Gasteiger partial charge >= 0.3 is 0 Å². The number of aromatic nitrogens is 1. The molecule has 0 aliphatic heterocycles. The predicted octanol–water partition coefficient (Wildman–Crippen LogP) is 2.10. The van der Waals surface area contributed by atoms with Crippen molar-refractivity contribution in [1.29, 1.82) is 0 Å². The van der Waals surface area contributed by atoms with Gasteiger partial charge in [-0.05, 0) is 19.1 Å². The maximum absolute atomic E-state index is 11.9. The second-order valence-corrected chi connectivity index (χ2v) is 4.87. The molecular formula is C13H14N2O3S. The van der Waals surface area contributed by atoms with Crippen molar-refractivity contribution in [2.45, 2.75) is 13.5 Å². The number of benzene rings is 1. The van der Waals surface area contributed by atoms with Gasteiger partial charge in [0.25, 0.3) is 5.91 Å². The minimum atomic E-state index is -0.326. The van der Waals surface area contributed by atoms with E-state index in [2.05, 4.69) is 10.3 Å². The minimum Gasteiger partial charge on any atom is -0.507 e. The average molecular weight is 278 g/mol. The molecule has 0 radical (unpaired) electrons. The van der Waals surface area contributed by atoms with Crippen LogP contribution in [-0.2, 0) is 6.54 Å². The van der Waals surface area contributed by atoms with Crippen LogP contribution < -0.4 is 10.1 Å². The van der Waals surface area contributed by atoms with Gasteiger partial charge in [0.1, 0.15) is 11.5 Å². The maximum Gasteiger partial charge on any atom is 0.255 e. The molecule has 0 saturated carbocycles. The number of phenolic OH excluding ortho intramolecular Hbond substituents is 1. The number of aryl methyl sites for hydroxylation is 1. The van der Waals surface area contributed by atoms with Crippen molar-refractivity contribution in [2.24, 2.45) is 0 Å². The minimum absolute atomic E-state index is 0.0992. The number of rotatable bonds is 4. The van der Waals surface area contributed by atoms with Crippen molar-refractivity contribution >= 4 is 17.2 Å². The van der Waals surface area contributed by atoms with Crippen molar-refractivity contribution in [3.05, 3.63) is 39.8 Å². The number of amides is 1. The largest absolute Gasteiger partial charge is 0.507 e. The van der Waals surface area contributed by atoms with Crippen LogP contribution >= 0.6 is 11.3 Å². The van der Waals surface area contributed by atoms with E-state index in [1.54, 1.807) is 11.6 Å². The molecule has 6 heteroatoms. The fourth-order valence-corrected chi connectivity index (χ4v) is 2.30. The van der Waals surface area contributed by atoms with Gasteiger partial charge in [-0.15, -0.1) is 11.3 Å². The van der Waals surface area contributed by atoms with Gasteiger partial charge in [-0.3, -0.25) is 4.79 Å². The summed E-state index contributed by atoms with van der Waals surface area (Å²) < 4.78 is 4.97. The second kappa shape index (κ2) is 5.71. The highest BCUT2D eigenvalue weighted by Gasteiger charge is 2.12. The molecule has 0 aliphatic carbocycles. The Bertz CT molecular complexity index is 595. The number of methoxy groups -OCH3 is 1. The van der Waals surface area contributed by atoms with Crippen LogP contribution in [0.1, 0.15) is 20.9 Å². The van der Waals surface area contributed by atoms with Gasteiger partial charge in [0, 0.05) is 10.9 Å². The summed E-state index contributed by atoms with van der Waals surface area (Å²) >= 11 is 1.49. The van der Waals surface area contributed by atoms with Gasteiger partial charge in [-0.25, -0.2) is 4.98 Å². The average Bonchev–Trinajstić information content (AvgIpc) is 2.81. The van der Waals surface area contributed by atoms with E-state index in [0.717, 1.165) is 10.6 Å². The van der Waals surface area contributed by atoms with Gasteiger partial charge in [0.05, 0.1) is 30.4 Å². The molecule has 0 fully saturated rings. The number of hydrogen-bond acceptors (Lipinski definition) is 5. The first-order valence-electron chi connectivity index (χ1n) is 5.66.